The molecule has 0 nitrogen and oxygen atoms in total. The topological polar surface area (TPSA) is 0 Å². The fourth-order valence-electron chi connectivity index (χ4n) is 0. The summed E-state index contributed by atoms with van der Waals surface area (Å²) in [5.41, 5.74) is 0. The van der Waals surface area contributed by atoms with Gasteiger partial charge in [-0.05, 0) is 10.2 Å². The molecule has 4 heteroatoms. The van der Waals surface area contributed by atoms with Crippen LogP contribution in [0.4, 0.5) is 0 Å². The third-order valence-corrected chi connectivity index (χ3v) is 0. The molecule has 0 unspecified atom stereocenters. The van der Waals surface area contributed by atoms with Crippen LogP contribution in [0.3, 0.4) is 0 Å². The Balaban J connectivity index is -0.00000000167. The fraction of sp³-hybridized carbons (Fsp3) is 1.00. The molecule has 0 aliphatic heterocycles. The second-order valence-electron chi connectivity index (χ2n) is 0. The third-order valence-electron chi connectivity index (χ3n) is 0. The Morgan fingerprint density at radius 1 is 0.800 bits per heavy atom. The summed E-state index contributed by atoms with van der Waals surface area (Å²) in [4.78, 5) is 0. The maximum absolute atomic E-state index is 2.14. The summed E-state index contributed by atoms with van der Waals surface area (Å²) in [6, 6.07) is 0. The first kappa shape index (κ1) is 22.5. The summed E-state index contributed by atoms with van der Waals surface area (Å²) in [5, 5.41) is 0. The summed E-state index contributed by atoms with van der Waals surface area (Å²) in [5.74, 6) is 0. The molecule has 0 amide bonds. The Hall–Kier alpha value is 5.13. The van der Waals surface area contributed by atoms with Crippen molar-refractivity contribution in [3.63, 3.8) is 0 Å². The van der Waals surface area contributed by atoms with Crippen LogP contribution in [0.2, 0.25) is 6.55 Å². The van der Waals surface area contributed by atoms with E-state index in [1.807, 2.05) is 0 Å². The van der Waals surface area contributed by atoms with Gasteiger partial charge in [-0.2, -0.15) is 0 Å². The molecule has 0 aromatic rings. The third kappa shape index (κ3) is 17.6. The van der Waals surface area contributed by atoms with Crippen molar-refractivity contribution < 1.29 is 0 Å². The first-order valence-corrected chi connectivity index (χ1v) is 3.00. The quantitative estimate of drug-likeness (QED) is 0.348. The van der Waals surface area contributed by atoms with E-state index in [0.29, 0.717) is 0 Å². The van der Waals surface area contributed by atoms with Gasteiger partial charge in [0, 0.05) is 0 Å². The van der Waals surface area contributed by atoms with Crippen molar-refractivity contribution in [3.05, 3.63) is 0 Å². The van der Waals surface area contributed by atoms with E-state index in [9.17, 15) is 0 Å². The molecule has 0 aliphatic carbocycles. The molecule has 20 valence electrons. The predicted molar refractivity (Wildman–Crippen MR) is 37.2 cm³/mol. The zero-order chi connectivity index (χ0) is 2.00. The molecule has 0 radical (unpaired) electrons. The summed E-state index contributed by atoms with van der Waals surface area (Å²) >= 11 is 0. The monoisotopic (exact) mass is 166 g/mol. The van der Waals surface area contributed by atoms with Crippen molar-refractivity contribution in [2.75, 3.05) is 0 Å². The Morgan fingerprint density at radius 3 is 0.800 bits per heavy atom. The summed E-state index contributed by atoms with van der Waals surface area (Å²) in [6.45, 7) is 2.14. The van der Waals surface area contributed by atoms with E-state index in [0.717, 1.165) is 0 Å². The van der Waals surface area contributed by atoms with Crippen LogP contribution in [0.15, 0.2) is 0 Å². The number of hydrogen-bond donors (Lipinski definition) is 0. The molecule has 0 saturated heterocycles. The second-order valence-corrected chi connectivity index (χ2v) is 0. The van der Waals surface area contributed by atoms with Crippen LogP contribution in [0, 0.1) is 0 Å². The van der Waals surface area contributed by atoms with Gasteiger partial charge in [-0.3, -0.25) is 0 Å². The molecule has 0 saturated carbocycles. The van der Waals surface area contributed by atoms with E-state index in [4.69, 9.17) is 0 Å². The molecule has 0 aliphatic rings. The first-order chi connectivity index (χ1) is 1.00. The Bertz CT molecular complexity index is 6.85. The molecule has 0 rings (SSSR count). The van der Waals surface area contributed by atoms with Crippen molar-refractivity contribution in [1.29, 1.82) is 0 Å². The van der Waals surface area contributed by atoms with E-state index in [-0.39, 0.29) is 154 Å². The van der Waals surface area contributed by atoms with Crippen molar-refractivity contribution in [3.8, 4) is 0 Å². The number of rotatable bonds is 0. The van der Waals surface area contributed by atoms with Crippen LogP contribution in [-0.2, 0) is 0 Å². The number of hydrogen-bond acceptors (Lipinski definition) is 0. The molecule has 0 spiro atoms. The van der Waals surface area contributed by atoms with E-state index < -0.39 is 0 Å². The van der Waals surface area contributed by atoms with Crippen molar-refractivity contribution in [2.45, 2.75) is 6.55 Å². The maximum atomic E-state index is 2.14. The van der Waals surface area contributed by atoms with Gasteiger partial charge >= 0.3 is 154 Å². The predicted octanol–water partition coefficient (Wildman–Crippen LogP) is -2.55. The zero-order valence-corrected chi connectivity index (χ0v) is 4.00. The van der Waals surface area contributed by atoms with Crippen LogP contribution in [0.1, 0.15) is 0 Å². The van der Waals surface area contributed by atoms with Crippen LogP contribution >= 0.6 is 0 Å². The van der Waals surface area contributed by atoms with E-state index in [1.54, 1.807) is 0 Å². The summed E-state index contributed by atoms with van der Waals surface area (Å²) in [7, 11) is 1.31. The fourth-order valence-corrected chi connectivity index (χ4v) is 0. The van der Waals surface area contributed by atoms with Crippen LogP contribution in [-0.4, -0.2) is 164 Å². The summed E-state index contributed by atoms with van der Waals surface area (Å²) in [6.07, 6.45) is 0. The minimum atomic E-state index is 0. The molecule has 0 heterocycles. The van der Waals surface area contributed by atoms with Crippen LogP contribution < -0.4 is 0 Å². The van der Waals surface area contributed by atoms with Gasteiger partial charge in [0.05, 0.1) is 0 Å². The molecule has 5 heavy (non-hydrogen) atoms. The van der Waals surface area contributed by atoms with Gasteiger partial charge in [0.15, 0.2) is 0 Å². The average molecular weight is 166 g/mol. The van der Waals surface area contributed by atoms with Gasteiger partial charge in [0.2, 0.25) is 0 Å². The van der Waals surface area contributed by atoms with E-state index in [2.05, 4.69) is 6.55 Å². The molecular formula is CH9K3Si. The Morgan fingerprint density at radius 2 is 0.800 bits per heavy atom. The molecular weight excluding hydrogens is 157 g/mol. The molecule has 0 bridgehead atoms. The molecule has 0 aromatic carbocycles. The normalized spacial score (nSPS) is 1.80. The average Bonchev–Trinajstić information content (AvgIpc) is 1.00. The van der Waals surface area contributed by atoms with Gasteiger partial charge in [0.1, 0.15) is 0 Å². The SMILES string of the molecule is C[SiH3].[KH].[KH].[KH]. The van der Waals surface area contributed by atoms with E-state index >= 15 is 0 Å². The van der Waals surface area contributed by atoms with E-state index in [1.165, 1.54) is 10.2 Å². The second kappa shape index (κ2) is 22.9. The van der Waals surface area contributed by atoms with Crippen molar-refractivity contribution in [1.82, 2.24) is 0 Å². The minimum absolute atomic E-state index is 0. The van der Waals surface area contributed by atoms with Crippen molar-refractivity contribution >= 4 is 164 Å². The van der Waals surface area contributed by atoms with Gasteiger partial charge < -0.3 is 0 Å². The molecule has 0 N–H and O–H groups in total. The van der Waals surface area contributed by atoms with Gasteiger partial charge in [-0.25, -0.2) is 0 Å². The first-order valence-electron chi connectivity index (χ1n) is 1.00. The van der Waals surface area contributed by atoms with Gasteiger partial charge in [-0.15, -0.1) is 0 Å². The summed E-state index contributed by atoms with van der Waals surface area (Å²) < 4.78 is 0. The van der Waals surface area contributed by atoms with Gasteiger partial charge in [0.25, 0.3) is 0 Å². The molecule has 0 fully saturated rings. The van der Waals surface area contributed by atoms with Crippen LogP contribution in [0.25, 0.3) is 0 Å². The Labute approximate surface area is 165 Å². The van der Waals surface area contributed by atoms with Gasteiger partial charge in [-0.1, -0.05) is 6.55 Å². The van der Waals surface area contributed by atoms with Crippen LogP contribution in [0.5, 0.6) is 0 Å². The Kier molecular flexibility index (Phi) is 103. The standard InChI is InChI=1S/CH6Si.3K.3H/c1-2;;;;;;/h1-2H3;;;;;;. The molecule has 0 atom stereocenters. The zero-order valence-electron chi connectivity index (χ0n) is 2.00. The van der Waals surface area contributed by atoms with Crippen molar-refractivity contribution in [2.24, 2.45) is 0 Å². The molecule has 0 aromatic heterocycles.